The normalized spacial score (nSPS) is 17.4. The van der Waals surface area contributed by atoms with E-state index in [-0.39, 0.29) is 5.78 Å². The Hall–Kier alpha value is -1.46. The molecular weight excluding hydrogens is 240 g/mol. The molecule has 1 aliphatic heterocycles. The van der Waals surface area contributed by atoms with Gasteiger partial charge in [0.25, 0.3) is 0 Å². The SMILES string of the molecule is CC(C)(C(=O)Cc1ccnc(N)c1)N1CCNCC1. The number of nitrogens with two attached hydrogens (primary N) is 1. The highest BCUT2D eigenvalue weighted by Gasteiger charge is 2.34. The Morgan fingerprint density at radius 1 is 1.47 bits per heavy atom. The number of hydrogen-bond donors (Lipinski definition) is 2. The van der Waals surface area contributed by atoms with Crippen molar-refractivity contribution in [2.75, 3.05) is 31.9 Å². The van der Waals surface area contributed by atoms with Gasteiger partial charge >= 0.3 is 0 Å². The van der Waals surface area contributed by atoms with Crippen molar-refractivity contribution in [3.05, 3.63) is 23.9 Å². The van der Waals surface area contributed by atoms with E-state index < -0.39 is 5.54 Å². The highest BCUT2D eigenvalue weighted by Crippen LogP contribution is 2.19. The number of aromatic nitrogens is 1. The van der Waals surface area contributed by atoms with Crippen molar-refractivity contribution in [2.45, 2.75) is 25.8 Å². The van der Waals surface area contributed by atoms with Gasteiger partial charge in [-0.05, 0) is 31.5 Å². The lowest BCUT2D eigenvalue weighted by Gasteiger charge is -2.40. The molecule has 0 aliphatic carbocycles. The van der Waals surface area contributed by atoms with Crippen molar-refractivity contribution in [3.63, 3.8) is 0 Å². The van der Waals surface area contributed by atoms with Gasteiger partial charge in [-0.25, -0.2) is 4.98 Å². The van der Waals surface area contributed by atoms with Crippen LogP contribution in [0.4, 0.5) is 5.82 Å². The van der Waals surface area contributed by atoms with E-state index in [1.165, 1.54) is 0 Å². The number of Topliss-reactive ketones (excluding diaryl/α,β-unsaturated/α-hetero) is 1. The van der Waals surface area contributed by atoms with E-state index in [9.17, 15) is 4.79 Å². The van der Waals surface area contributed by atoms with E-state index >= 15 is 0 Å². The molecule has 0 aromatic carbocycles. The van der Waals surface area contributed by atoms with E-state index in [0.29, 0.717) is 12.2 Å². The summed E-state index contributed by atoms with van der Waals surface area (Å²) in [7, 11) is 0. The molecule has 3 N–H and O–H groups in total. The van der Waals surface area contributed by atoms with Gasteiger partial charge in [-0.15, -0.1) is 0 Å². The monoisotopic (exact) mass is 262 g/mol. The van der Waals surface area contributed by atoms with Crippen LogP contribution in [-0.2, 0) is 11.2 Å². The molecule has 5 nitrogen and oxygen atoms in total. The number of carbonyl (C=O) groups excluding carboxylic acids is 1. The standard InChI is InChI=1S/C14H22N4O/c1-14(2,18-7-5-16-6-8-18)12(19)9-11-3-4-17-13(15)10-11/h3-4,10,16H,5-9H2,1-2H3,(H2,15,17). The van der Waals surface area contributed by atoms with Gasteiger partial charge in [0.1, 0.15) is 5.82 Å². The second kappa shape index (κ2) is 5.67. The third-order valence-corrected chi connectivity index (χ3v) is 3.80. The molecule has 104 valence electrons. The topological polar surface area (TPSA) is 71.2 Å². The van der Waals surface area contributed by atoms with E-state index in [2.05, 4.69) is 15.2 Å². The molecule has 0 radical (unpaired) electrons. The molecule has 0 amide bonds. The van der Waals surface area contributed by atoms with Crippen molar-refractivity contribution in [1.29, 1.82) is 0 Å². The molecule has 1 saturated heterocycles. The van der Waals surface area contributed by atoms with Crippen LogP contribution in [0.15, 0.2) is 18.3 Å². The van der Waals surface area contributed by atoms with Gasteiger partial charge in [0, 0.05) is 38.8 Å². The summed E-state index contributed by atoms with van der Waals surface area (Å²) < 4.78 is 0. The zero-order chi connectivity index (χ0) is 13.9. The number of pyridine rings is 1. The second-order valence-electron chi connectivity index (χ2n) is 5.48. The number of hydrogen-bond acceptors (Lipinski definition) is 5. The maximum absolute atomic E-state index is 12.5. The van der Waals surface area contributed by atoms with Crippen LogP contribution in [0.5, 0.6) is 0 Å². The molecule has 0 atom stereocenters. The number of ketones is 1. The Bertz CT molecular complexity index is 453. The Morgan fingerprint density at radius 3 is 2.79 bits per heavy atom. The molecule has 0 bridgehead atoms. The number of nitrogens with one attached hydrogen (secondary N) is 1. The Labute approximate surface area is 114 Å². The summed E-state index contributed by atoms with van der Waals surface area (Å²) in [6.45, 7) is 7.72. The van der Waals surface area contributed by atoms with Crippen LogP contribution in [0.2, 0.25) is 0 Å². The molecule has 0 spiro atoms. The summed E-state index contributed by atoms with van der Waals surface area (Å²) in [6.07, 6.45) is 2.05. The minimum absolute atomic E-state index is 0.222. The fourth-order valence-corrected chi connectivity index (χ4v) is 2.41. The number of carbonyl (C=O) groups is 1. The lowest BCUT2D eigenvalue weighted by molar-refractivity contribution is -0.129. The lowest BCUT2D eigenvalue weighted by Crippen LogP contribution is -2.57. The predicted molar refractivity (Wildman–Crippen MR) is 75.9 cm³/mol. The Balaban J connectivity index is 2.05. The van der Waals surface area contributed by atoms with Crippen molar-refractivity contribution >= 4 is 11.6 Å². The van der Waals surface area contributed by atoms with E-state index in [0.717, 1.165) is 31.7 Å². The second-order valence-corrected chi connectivity index (χ2v) is 5.48. The van der Waals surface area contributed by atoms with E-state index in [1.807, 2.05) is 19.9 Å². The van der Waals surface area contributed by atoms with E-state index in [4.69, 9.17) is 5.73 Å². The van der Waals surface area contributed by atoms with Crippen molar-refractivity contribution in [1.82, 2.24) is 15.2 Å². The molecular formula is C14H22N4O. The molecule has 1 aromatic heterocycles. The van der Waals surface area contributed by atoms with Gasteiger partial charge in [0.05, 0.1) is 5.54 Å². The Kier molecular flexibility index (Phi) is 4.17. The third kappa shape index (κ3) is 3.30. The quantitative estimate of drug-likeness (QED) is 0.825. The molecule has 5 heteroatoms. The van der Waals surface area contributed by atoms with Gasteiger partial charge < -0.3 is 11.1 Å². The van der Waals surface area contributed by atoms with Crippen LogP contribution < -0.4 is 11.1 Å². The summed E-state index contributed by atoms with van der Waals surface area (Å²) in [5.74, 6) is 0.685. The first kappa shape index (κ1) is 14.0. The summed E-state index contributed by atoms with van der Waals surface area (Å²) in [4.78, 5) is 18.7. The lowest BCUT2D eigenvalue weighted by atomic mass is 9.91. The highest BCUT2D eigenvalue weighted by atomic mass is 16.1. The zero-order valence-corrected chi connectivity index (χ0v) is 11.6. The molecule has 2 rings (SSSR count). The first-order valence-electron chi connectivity index (χ1n) is 6.69. The summed E-state index contributed by atoms with van der Waals surface area (Å²) in [6, 6.07) is 3.62. The third-order valence-electron chi connectivity index (χ3n) is 3.80. The maximum atomic E-state index is 12.5. The number of nitrogen functional groups attached to an aromatic ring is 1. The molecule has 1 fully saturated rings. The van der Waals surface area contributed by atoms with Gasteiger partial charge in [-0.1, -0.05) is 0 Å². The summed E-state index contributed by atoms with van der Waals surface area (Å²) >= 11 is 0. The molecule has 19 heavy (non-hydrogen) atoms. The van der Waals surface area contributed by atoms with Gasteiger partial charge in [-0.3, -0.25) is 9.69 Å². The van der Waals surface area contributed by atoms with Crippen molar-refractivity contribution < 1.29 is 4.79 Å². The maximum Gasteiger partial charge on any atom is 0.156 e. The zero-order valence-electron chi connectivity index (χ0n) is 11.6. The highest BCUT2D eigenvalue weighted by molar-refractivity contribution is 5.89. The minimum Gasteiger partial charge on any atom is -0.384 e. The molecule has 1 aliphatic rings. The smallest absolute Gasteiger partial charge is 0.156 e. The molecule has 2 heterocycles. The average molecular weight is 262 g/mol. The minimum atomic E-state index is -0.430. The number of nitrogens with zero attached hydrogens (tertiary/aromatic N) is 2. The fourth-order valence-electron chi connectivity index (χ4n) is 2.41. The number of rotatable bonds is 4. The fraction of sp³-hybridized carbons (Fsp3) is 0.571. The Morgan fingerprint density at radius 2 is 2.16 bits per heavy atom. The molecule has 0 unspecified atom stereocenters. The van der Waals surface area contributed by atoms with Crippen LogP contribution in [0.3, 0.4) is 0 Å². The van der Waals surface area contributed by atoms with Gasteiger partial charge in [0.15, 0.2) is 5.78 Å². The first-order chi connectivity index (χ1) is 9.00. The van der Waals surface area contributed by atoms with Gasteiger partial charge in [0.2, 0.25) is 0 Å². The van der Waals surface area contributed by atoms with Crippen molar-refractivity contribution in [3.8, 4) is 0 Å². The van der Waals surface area contributed by atoms with Crippen LogP contribution in [0, 0.1) is 0 Å². The van der Waals surface area contributed by atoms with Crippen LogP contribution in [0.1, 0.15) is 19.4 Å². The van der Waals surface area contributed by atoms with Gasteiger partial charge in [-0.2, -0.15) is 0 Å². The number of anilines is 1. The molecule has 0 saturated carbocycles. The van der Waals surface area contributed by atoms with E-state index in [1.54, 1.807) is 12.3 Å². The first-order valence-corrected chi connectivity index (χ1v) is 6.69. The van der Waals surface area contributed by atoms with Crippen molar-refractivity contribution in [2.24, 2.45) is 0 Å². The summed E-state index contributed by atoms with van der Waals surface area (Å²) in [5.41, 5.74) is 6.15. The largest absolute Gasteiger partial charge is 0.384 e. The average Bonchev–Trinajstić information content (AvgIpc) is 2.39. The number of piperazine rings is 1. The van der Waals surface area contributed by atoms with Crippen LogP contribution in [0.25, 0.3) is 0 Å². The summed E-state index contributed by atoms with van der Waals surface area (Å²) in [5, 5.41) is 3.31. The predicted octanol–water partition coefficient (Wildman–Crippen LogP) is 0.459. The van der Waals surface area contributed by atoms with Crippen LogP contribution in [-0.4, -0.2) is 47.4 Å². The van der Waals surface area contributed by atoms with Crippen LogP contribution >= 0.6 is 0 Å². The molecule has 1 aromatic rings.